The van der Waals surface area contributed by atoms with Crippen LogP contribution in [-0.2, 0) is 22.7 Å². The highest BCUT2D eigenvalue weighted by Gasteiger charge is 2.35. The molecule has 0 aliphatic carbocycles. The fraction of sp³-hybridized carbons (Fsp3) is 0.250. The van der Waals surface area contributed by atoms with Crippen LogP contribution in [0.3, 0.4) is 0 Å². The molecule has 0 saturated carbocycles. The number of aryl methyl sites for hydroxylation is 1. The Morgan fingerprint density at radius 3 is 2.30 bits per heavy atom. The lowest BCUT2D eigenvalue weighted by molar-refractivity contribution is -0.143. The van der Waals surface area contributed by atoms with E-state index in [1.54, 1.807) is 13.0 Å². The lowest BCUT2D eigenvalue weighted by Gasteiger charge is -2.22. The summed E-state index contributed by atoms with van der Waals surface area (Å²) in [4.78, 5) is 12.0. The molecule has 3 aromatic rings. The fourth-order valence-corrected chi connectivity index (χ4v) is 4.42. The summed E-state index contributed by atoms with van der Waals surface area (Å²) in [6.07, 6.45) is -4.81. The first-order valence-corrected chi connectivity index (χ1v) is 10.4. The molecule has 5 nitrogen and oxygen atoms in total. The molecule has 1 heterocycles. The van der Waals surface area contributed by atoms with E-state index in [0.29, 0.717) is 11.6 Å². The highest BCUT2D eigenvalue weighted by atomic mass is 32.2. The number of sulfonamides is 1. The monoisotopic (exact) mass is 442 g/mol. The SMILES string of the molecule is Cc1ccc2c(c1)c(=O)cc(C(F)(F)F)n2C[C@@H](C)NS(=O)(=O)c1ccc(F)cc1. The first-order valence-electron chi connectivity index (χ1n) is 8.88. The molecule has 0 radical (unpaired) electrons. The Kier molecular flexibility index (Phi) is 5.74. The predicted octanol–water partition coefficient (Wildman–Crippen LogP) is 3.83. The molecule has 0 aliphatic rings. The summed E-state index contributed by atoms with van der Waals surface area (Å²) in [5.41, 5.74) is -1.18. The van der Waals surface area contributed by atoms with Crippen LogP contribution in [0.1, 0.15) is 18.2 Å². The molecular weight excluding hydrogens is 424 g/mol. The first-order chi connectivity index (χ1) is 13.9. The van der Waals surface area contributed by atoms with E-state index in [4.69, 9.17) is 0 Å². The number of alkyl halides is 3. The van der Waals surface area contributed by atoms with Crippen LogP contribution in [0, 0.1) is 12.7 Å². The minimum Gasteiger partial charge on any atom is -0.335 e. The number of fused-ring (bicyclic) bond motifs is 1. The fourth-order valence-electron chi connectivity index (χ4n) is 3.18. The second kappa shape index (κ2) is 7.84. The van der Waals surface area contributed by atoms with Crippen LogP contribution in [0.2, 0.25) is 0 Å². The molecule has 1 N–H and O–H groups in total. The van der Waals surface area contributed by atoms with Gasteiger partial charge in [-0.15, -0.1) is 0 Å². The van der Waals surface area contributed by atoms with Gasteiger partial charge in [-0.25, -0.2) is 17.5 Å². The van der Waals surface area contributed by atoms with E-state index in [2.05, 4.69) is 4.72 Å². The van der Waals surface area contributed by atoms with Crippen molar-refractivity contribution in [2.75, 3.05) is 0 Å². The number of nitrogens with one attached hydrogen (secondary N) is 1. The maximum atomic E-state index is 13.6. The highest BCUT2D eigenvalue weighted by Crippen LogP contribution is 2.31. The second-order valence-electron chi connectivity index (χ2n) is 7.00. The van der Waals surface area contributed by atoms with Crippen molar-refractivity contribution in [1.29, 1.82) is 0 Å². The average Bonchev–Trinajstić information content (AvgIpc) is 2.63. The van der Waals surface area contributed by atoms with Gasteiger partial charge in [0.25, 0.3) is 0 Å². The van der Waals surface area contributed by atoms with Crippen LogP contribution < -0.4 is 10.2 Å². The molecule has 3 rings (SSSR count). The van der Waals surface area contributed by atoms with Crippen molar-refractivity contribution < 1.29 is 26.0 Å². The van der Waals surface area contributed by atoms with Gasteiger partial charge in [0.2, 0.25) is 10.0 Å². The number of benzene rings is 2. The lowest BCUT2D eigenvalue weighted by atomic mass is 10.1. The van der Waals surface area contributed by atoms with E-state index in [-0.39, 0.29) is 22.3 Å². The summed E-state index contributed by atoms with van der Waals surface area (Å²) in [5.74, 6) is -0.619. The third-order valence-electron chi connectivity index (χ3n) is 4.49. The van der Waals surface area contributed by atoms with E-state index in [1.165, 1.54) is 19.1 Å². The van der Waals surface area contributed by atoms with Crippen molar-refractivity contribution in [3.8, 4) is 0 Å². The molecule has 0 spiro atoms. The van der Waals surface area contributed by atoms with Gasteiger partial charge in [-0.2, -0.15) is 13.2 Å². The molecular formula is C20H18F4N2O3S. The smallest absolute Gasteiger partial charge is 0.335 e. The standard InChI is InChI=1S/C20H18F4N2O3S/c1-12-3-8-17-16(9-12)18(27)10-19(20(22,23)24)26(17)11-13(2)25-30(28,29)15-6-4-14(21)5-7-15/h3-10,13,25H,11H2,1-2H3/t13-/m1/s1. The maximum Gasteiger partial charge on any atom is 0.431 e. The lowest BCUT2D eigenvalue weighted by Crippen LogP contribution is -2.37. The van der Waals surface area contributed by atoms with Gasteiger partial charge in [0, 0.05) is 24.0 Å². The van der Waals surface area contributed by atoms with Crippen molar-refractivity contribution >= 4 is 20.9 Å². The molecule has 0 saturated heterocycles. The largest absolute Gasteiger partial charge is 0.431 e. The van der Waals surface area contributed by atoms with Crippen molar-refractivity contribution in [3.63, 3.8) is 0 Å². The van der Waals surface area contributed by atoms with Crippen molar-refractivity contribution in [2.45, 2.75) is 37.5 Å². The Hall–Kier alpha value is -2.72. The van der Waals surface area contributed by atoms with E-state index < -0.39 is 39.2 Å². The third kappa shape index (κ3) is 4.54. The van der Waals surface area contributed by atoms with Crippen LogP contribution in [-0.4, -0.2) is 19.0 Å². The van der Waals surface area contributed by atoms with E-state index in [0.717, 1.165) is 28.8 Å². The quantitative estimate of drug-likeness (QED) is 0.611. The summed E-state index contributed by atoms with van der Waals surface area (Å²) in [6, 6.07) is 8.08. The molecule has 1 aromatic heterocycles. The predicted molar refractivity (Wildman–Crippen MR) is 104 cm³/mol. The number of halogens is 4. The number of hydrogen-bond acceptors (Lipinski definition) is 3. The van der Waals surface area contributed by atoms with E-state index in [1.807, 2.05) is 0 Å². The minimum absolute atomic E-state index is 0.0493. The number of pyridine rings is 1. The Balaban J connectivity index is 2.02. The zero-order chi connectivity index (χ0) is 22.3. The Labute approximate surface area is 170 Å². The average molecular weight is 442 g/mol. The van der Waals surface area contributed by atoms with Crippen LogP contribution >= 0.6 is 0 Å². The van der Waals surface area contributed by atoms with Crippen molar-refractivity contribution in [1.82, 2.24) is 9.29 Å². The Morgan fingerprint density at radius 2 is 1.70 bits per heavy atom. The summed E-state index contributed by atoms with van der Waals surface area (Å²) in [5, 5.41) is 0.108. The first kappa shape index (κ1) is 22.0. The number of nitrogens with zero attached hydrogens (tertiary/aromatic N) is 1. The highest BCUT2D eigenvalue weighted by molar-refractivity contribution is 7.89. The minimum atomic E-state index is -4.81. The number of rotatable bonds is 5. The molecule has 2 aromatic carbocycles. The summed E-state index contributed by atoms with van der Waals surface area (Å²) in [7, 11) is -4.09. The van der Waals surface area contributed by atoms with Gasteiger partial charge < -0.3 is 4.57 Å². The Morgan fingerprint density at radius 1 is 1.07 bits per heavy atom. The van der Waals surface area contributed by atoms with Gasteiger partial charge in [0.05, 0.1) is 10.4 Å². The van der Waals surface area contributed by atoms with Crippen molar-refractivity contribution in [2.24, 2.45) is 0 Å². The molecule has 10 heteroatoms. The summed E-state index contributed by atoms with van der Waals surface area (Å²) < 4.78 is 81.9. The van der Waals surface area contributed by atoms with Crippen LogP contribution in [0.25, 0.3) is 10.9 Å². The molecule has 160 valence electrons. The van der Waals surface area contributed by atoms with Gasteiger partial charge in [-0.1, -0.05) is 11.6 Å². The van der Waals surface area contributed by atoms with E-state index >= 15 is 0 Å². The molecule has 0 fully saturated rings. The molecule has 1 atom stereocenters. The zero-order valence-corrected chi connectivity index (χ0v) is 16.8. The molecule has 0 bridgehead atoms. The second-order valence-corrected chi connectivity index (χ2v) is 8.71. The maximum absolute atomic E-state index is 13.6. The van der Waals surface area contributed by atoms with Gasteiger partial charge in [0.1, 0.15) is 11.5 Å². The van der Waals surface area contributed by atoms with Crippen LogP contribution in [0.4, 0.5) is 17.6 Å². The number of hydrogen-bond donors (Lipinski definition) is 1. The molecule has 0 aliphatic heterocycles. The summed E-state index contributed by atoms with van der Waals surface area (Å²) in [6.45, 7) is 2.73. The van der Waals surface area contributed by atoms with Gasteiger partial charge in [-0.05, 0) is 50.2 Å². The van der Waals surface area contributed by atoms with Gasteiger partial charge in [-0.3, -0.25) is 4.79 Å². The third-order valence-corrected chi connectivity index (χ3v) is 6.10. The van der Waals surface area contributed by atoms with Crippen LogP contribution in [0.15, 0.2) is 58.2 Å². The molecule has 30 heavy (non-hydrogen) atoms. The van der Waals surface area contributed by atoms with Gasteiger partial charge in [0.15, 0.2) is 5.43 Å². The molecule has 0 amide bonds. The summed E-state index contributed by atoms with van der Waals surface area (Å²) >= 11 is 0. The Bertz CT molecular complexity index is 1250. The number of aromatic nitrogens is 1. The van der Waals surface area contributed by atoms with Crippen molar-refractivity contribution in [3.05, 3.63) is 75.8 Å². The van der Waals surface area contributed by atoms with Crippen LogP contribution in [0.5, 0.6) is 0 Å². The van der Waals surface area contributed by atoms with Gasteiger partial charge >= 0.3 is 6.18 Å². The zero-order valence-electron chi connectivity index (χ0n) is 16.0. The topological polar surface area (TPSA) is 68.2 Å². The van der Waals surface area contributed by atoms with E-state index in [9.17, 15) is 30.8 Å². The normalized spacial score (nSPS) is 13.5. The molecule has 0 unspecified atom stereocenters.